The van der Waals surface area contributed by atoms with Gasteiger partial charge < -0.3 is 19.6 Å². The van der Waals surface area contributed by atoms with E-state index in [9.17, 15) is 9.90 Å². The van der Waals surface area contributed by atoms with Crippen LogP contribution < -0.4 is 4.90 Å². The number of ether oxygens (including phenoxy) is 1. The molecule has 0 aromatic carbocycles. The lowest BCUT2D eigenvalue weighted by Gasteiger charge is -2.43. The molecule has 3 heterocycles. The van der Waals surface area contributed by atoms with E-state index in [0.29, 0.717) is 13.1 Å². The first-order valence-corrected chi connectivity index (χ1v) is 9.63. The highest BCUT2D eigenvalue weighted by molar-refractivity contribution is 5.69. The number of hydrogen-bond acceptors (Lipinski definition) is 5. The van der Waals surface area contributed by atoms with Gasteiger partial charge in [-0.15, -0.1) is 0 Å². The number of fused-ring (bicyclic) bond motifs is 3. The second-order valence-electron chi connectivity index (χ2n) is 8.52. The van der Waals surface area contributed by atoms with Crippen LogP contribution in [0.4, 0.5) is 10.6 Å². The molecule has 1 unspecified atom stereocenters. The summed E-state index contributed by atoms with van der Waals surface area (Å²) in [5, 5.41) is 10.3. The Balaban J connectivity index is 1.77. The maximum Gasteiger partial charge on any atom is 0.410 e. The van der Waals surface area contributed by atoms with E-state index in [1.54, 1.807) is 0 Å². The molecule has 1 saturated heterocycles. The van der Waals surface area contributed by atoms with Gasteiger partial charge in [-0.1, -0.05) is 19.4 Å². The minimum atomic E-state index is -0.511. The molecule has 1 aromatic rings. The Bertz CT molecular complexity index is 671. The number of piperazine rings is 1. The summed E-state index contributed by atoms with van der Waals surface area (Å²) in [6.07, 6.45) is 1.76. The number of aliphatic hydroxyl groups excluding tert-OH is 1. The van der Waals surface area contributed by atoms with Crippen molar-refractivity contribution in [2.75, 3.05) is 18.0 Å². The van der Waals surface area contributed by atoms with E-state index in [-0.39, 0.29) is 18.2 Å². The number of anilines is 1. The van der Waals surface area contributed by atoms with Gasteiger partial charge in [0.25, 0.3) is 0 Å². The molecule has 2 aliphatic heterocycles. The van der Waals surface area contributed by atoms with Crippen molar-refractivity contribution in [3.05, 3.63) is 23.4 Å². The molecule has 6 heteroatoms. The first kappa shape index (κ1) is 19.0. The molecular weight excluding hydrogens is 330 g/mol. The average molecular weight is 361 g/mol. The number of carbonyl (C=O) groups excluding carboxylic acids is 1. The summed E-state index contributed by atoms with van der Waals surface area (Å²) < 4.78 is 5.55. The summed E-state index contributed by atoms with van der Waals surface area (Å²) in [5.74, 6) is 0.971. The molecule has 3 atom stereocenters. The van der Waals surface area contributed by atoms with Crippen LogP contribution in [0.2, 0.25) is 0 Å². The van der Waals surface area contributed by atoms with Crippen molar-refractivity contribution in [1.29, 1.82) is 0 Å². The van der Waals surface area contributed by atoms with Crippen molar-refractivity contribution in [1.82, 2.24) is 9.88 Å². The van der Waals surface area contributed by atoms with E-state index in [0.717, 1.165) is 30.8 Å². The minimum absolute atomic E-state index is 0.161. The van der Waals surface area contributed by atoms with Crippen molar-refractivity contribution in [2.24, 2.45) is 0 Å². The molecule has 0 saturated carbocycles. The Morgan fingerprint density at radius 1 is 1.38 bits per heavy atom. The van der Waals surface area contributed by atoms with Gasteiger partial charge in [0, 0.05) is 19.1 Å². The molecule has 1 fully saturated rings. The Labute approximate surface area is 156 Å². The van der Waals surface area contributed by atoms with E-state index >= 15 is 0 Å². The Kier molecular flexibility index (Phi) is 5.15. The van der Waals surface area contributed by atoms with Crippen LogP contribution in [0.25, 0.3) is 0 Å². The van der Waals surface area contributed by atoms with Crippen molar-refractivity contribution in [2.45, 2.75) is 77.7 Å². The number of amides is 1. The number of nitrogens with zero attached hydrogens (tertiary/aromatic N) is 3. The van der Waals surface area contributed by atoms with Crippen molar-refractivity contribution >= 4 is 11.9 Å². The summed E-state index contributed by atoms with van der Waals surface area (Å²) in [6.45, 7) is 11.1. The monoisotopic (exact) mass is 361 g/mol. The molecule has 2 aliphatic rings. The second-order valence-corrected chi connectivity index (χ2v) is 8.52. The fraction of sp³-hybridized carbons (Fsp3) is 0.700. The van der Waals surface area contributed by atoms with Gasteiger partial charge in [0.1, 0.15) is 11.4 Å². The molecule has 0 spiro atoms. The van der Waals surface area contributed by atoms with Crippen molar-refractivity contribution in [3.8, 4) is 0 Å². The summed E-state index contributed by atoms with van der Waals surface area (Å²) >= 11 is 0. The Morgan fingerprint density at radius 2 is 2.12 bits per heavy atom. The molecule has 1 amide bonds. The van der Waals surface area contributed by atoms with Crippen molar-refractivity contribution in [3.63, 3.8) is 0 Å². The van der Waals surface area contributed by atoms with Gasteiger partial charge >= 0.3 is 6.09 Å². The van der Waals surface area contributed by atoms with E-state index in [4.69, 9.17) is 9.72 Å². The summed E-state index contributed by atoms with van der Waals surface area (Å²) in [5.41, 5.74) is 1.45. The number of rotatable bonds is 3. The van der Waals surface area contributed by atoms with E-state index in [1.165, 1.54) is 5.56 Å². The highest BCUT2D eigenvalue weighted by atomic mass is 16.6. The highest BCUT2D eigenvalue weighted by Gasteiger charge is 2.41. The van der Waals surface area contributed by atoms with Crippen LogP contribution >= 0.6 is 0 Å². The number of hydrogen-bond donors (Lipinski definition) is 1. The van der Waals surface area contributed by atoms with Crippen LogP contribution in [0.15, 0.2) is 12.1 Å². The maximum atomic E-state index is 12.5. The van der Waals surface area contributed by atoms with Gasteiger partial charge in [0.2, 0.25) is 0 Å². The van der Waals surface area contributed by atoms with Crippen molar-refractivity contribution < 1.29 is 14.6 Å². The van der Waals surface area contributed by atoms with Crippen LogP contribution in [0.5, 0.6) is 0 Å². The highest BCUT2D eigenvalue weighted by Crippen LogP contribution is 2.36. The molecular formula is C20H31N3O3. The molecule has 3 rings (SSSR count). The summed E-state index contributed by atoms with van der Waals surface area (Å²) in [6, 6.07) is 4.40. The molecule has 0 bridgehead atoms. The number of aliphatic hydroxyl groups is 1. The molecule has 1 aromatic heterocycles. The van der Waals surface area contributed by atoms with Gasteiger partial charge in [-0.05, 0) is 52.2 Å². The molecule has 0 aliphatic carbocycles. The smallest absolute Gasteiger partial charge is 0.410 e. The number of pyridine rings is 1. The Morgan fingerprint density at radius 3 is 2.77 bits per heavy atom. The van der Waals surface area contributed by atoms with Crippen LogP contribution in [0.3, 0.4) is 0 Å². The summed E-state index contributed by atoms with van der Waals surface area (Å²) in [4.78, 5) is 21.4. The van der Waals surface area contributed by atoms with Gasteiger partial charge in [-0.2, -0.15) is 0 Å². The molecule has 144 valence electrons. The third-order valence-electron chi connectivity index (χ3n) is 5.02. The molecule has 6 nitrogen and oxygen atoms in total. The molecule has 26 heavy (non-hydrogen) atoms. The molecule has 1 N–H and O–H groups in total. The lowest BCUT2D eigenvalue weighted by atomic mass is 10.1. The predicted octanol–water partition coefficient (Wildman–Crippen LogP) is 3.29. The third-order valence-corrected chi connectivity index (χ3v) is 5.02. The van der Waals surface area contributed by atoms with E-state index < -0.39 is 11.7 Å². The average Bonchev–Trinajstić information content (AvgIpc) is 2.91. The first-order chi connectivity index (χ1) is 12.2. The number of aromatic nitrogens is 1. The number of carbonyl (C=O) groups is 1. The zero-order valence-electron chi connectivity index (χ0n) is 16.5. The first-order valence-electron chi connectivity index (χ1n) is 9.63. The maximum absolute atomic E-state index is 12.5. The fourth-order valence-corrected chi connectivity index (χ4v) is 3.94. The third kappa shape index (κ3) is 3.80. The SMILES string of the molecule is CCCC(O)c1ccc2c(n1)N1[C@H](C2)CN(C(=O)OC(C)(C)C)C[C@H]1C. The standard InChI is InChI=1S/C20H31N3O3/c1-6-7-17(24)16-9-8-14-10-15-12-22(19(25)26-20(3,4)5)11-13(2)23(15)18(14)21-16/h8-9,13,15,17,24H,6-7,10-12H2,1-5H3/t13-,15-,17?/m1/s1. The quantitative estimate of drug-likeness (QED) is 0.895. The van der Waals surface area contributed by atoms with Gasteiger partial charge in [0.15, 0.2) is 0 Å². The lowest BCUT2D eigenvalue weighted by Crippen LogP contribution is -2.58. The van der Waals surface area contributed by atoms with Crippen LogP contribution in [-0.2, 0) is 11.2 Å². The topological polar surface area (TPSA) is 65.9 Å². The van der Waals surface area contributed by atoms with Crippen LogP contribution in [0.1, 0.15) is 64.8 Å². The zero-order valence-corrected chi connectivity index (χ0v) is 16.5. The normalized spacial score (nSPS) is 23.5. The van der Waals surface area contributed by atoms with Gasteiger partial charge in [-0.25, -0.2) is 9.78 Å². The molecule has 0 radical (unpaired) electrons. The predicted molar refractivity (Wildman–Crippen MR) is 101 cm³/mol. The van der Waals surface area contributed by atoms with Crippen LogP contribution in [0, 0.1) is 0 Å². The van der Waals surface area contributed by atoms with Gasteiger partial charge in [-0.3, -0.25) is 0 Å². The summed E-state index contributed by atoms with van der Waals surface area (Å²) in [7, 11) is 0. The lowest BCUT2D eigenvalue weighted by molar-refractivity contribution is 0.0191. The second kappa shape index (κ2) is 7.06. The minimum Gasteiger partial charge on any atom is -0.444 e. The Hall–Kier alpha value is -1.82. The zero-order chi connectivity index (χ0) is 19.1. The largest absolute Gasteiger partial charge is 0.444 e. The van der Waals surface area contributed by atoms with Gasteiger partial charge in [0.05, 0.1) is 17.8 Å². The van der Waals surface area contributed by atoms with E-state index in [1.807, 2.05) is 31.7 Å². The van der Waals surface area contributed by atoms with Crippen LogP contribution in [-0.4, -0.2) is 51.9 Å². The van der Waals surface area contributed by atoms with E-state index in [2.05, 4.69) is 24.8 Å². The fourth-order valence-electron chi connectivity index (χ4n) is 3.94.